The van der Waals surface area contributed by atoms with Crippen molar-refractivity contribution in [2.75, 3.05) is 29.9 Å². The van der Waals surface area contributed by atoms with Gasteiger partial charge in [0, 0.05) is 24.3 Å². The molecule has 21 heavy (non-hydrogen) atoms. The highest BCUT2D eigenvalue weighted by Crippen LogP contribution is 2.39. The largest absolute Gasteiger partial charge is 0.370 e. The third kappa shape index (κ3) is 2.87. The average Bonchev–Trinajstić information content (AvgIpc) is 2.80. The van der Waals surface area contributed by atoms with Crippen molar-refractivity contribution in [3.63, 3.8) is 0 Å². The Morgan fingerprint density at radius 2 is 2.10 bits per heavy atom. The van der Waals surface area contributed by atoms with Crippen molar-refractivity contribution in [3.8, 4) is 0 Å². The highest BCUT2D eigenvalue weighted by atomic mass is 35.5. The maximum Gasteiger partial charge on any atom is 0.246 e. The lowest BCUT2D eigenvalue weighted by Gasteiger charge is -2.30. The fourth-order valence-corrected chi connectivity index (χ4v) is 3.43. The van der Waals surface area contributed by atoms with Gasteiger partial charge < -0.3 is 15.5 Å². The van der Waals surface area contributed by atoms with Crippen molar-refractivity contribution in [3.05, 3.63) is 22.7 Å². The Morgan fingerprint density at radius 3 is 2.81 bits per heavy atom. The SMILES string of the molecule is CCCNC1C(=O)Nc2cc(N3CCCCC3)c(Cl)cc21. The van der Waals surface area contributed by atoms with Crippen LogP contribution in [0.5, 0.6) is 0 Å². The standard InChI is InChI=1S/C16H22ClN3O/c1-2-6-18-15-11-9-12(17)14(10-13(11)19-16(15)21)20-7-4-3-5-8-20/h9-10,15,18H,2-8H2,1H3,(H,19,21). The van der Waals surface area contributed by atoms with Gasteiger partial charge in [-0.3, -0.25) is 4.79 Å². The normalized spacial score (nSPS) is 21.3. The number of nitrogens with zero attached hydrogens (tertiary/aromatic N) is 1. The van der Waals surface area contributed by atoms with Crippen molar-refractivity contribution < 1.29 is 4.79 Å². The first kappa shape index (κ1) is 14.7. The van der Waals surface area contributed by atoms with Crippen LogP contribution in [0.25, 0.3) is 0 Å². The zero-order valence-corrected chi connectivity index (χ0v) is 13.2. The van der Waals surface area contributed by atoms with E-state index in [4.69, 9.17) is 11.6 Å². The number of nitrogens with one attached hydrogen (secondary N) is 2. The Labute approximate surface area is 130 Å². The van der Waals surface area contributed by atoms with Crippen molar-refractivity contribution in [2.24, 2.45) is 0 Å². The smallest absolute Gasteiger partial charge is 0.246 e. The van der Waals surface area contributed by atoms with E-state index in [0.717, 1.165) is 48.0 Å². The van der Waals surface area contributed by atoms with E-state index in [1.165, 1.54) is 19.3 Å². The van der Waals surface area contributed by atoms with Crippen molar-refractivity contribution in [1.82, 2.24) is 5.32 Å². The van der Waals surface area contributed by atoms with Crippen LogP contribution in [0.4, 0.5) is 11.4 Å². The van der Waals surface area contributed by atoms with Crippen LogP contribution >= 0.6 is 11.6 Å². The molecule has 0 bridgehead atoms. The number of piperidine rings is 1. The second-order valence-electron chi connectivity index (χ2n) is 5.81. The summed E-state index contributed by atoms with van der Waals surface area (Å²) in [5.41, 5.74) is 2.92. The molecule has 2 aliphatic heterocycles. The van der Waals surface area contributed by atoms with Gasteiger partial charge in [-0.05, 0) is 44.4 Å². The Morgan fingerprint density at radius 1 is 1.33 bits per heavy atom. The molecular formula is C16H22ClN3O. The van der Waals surface area contributed by atoms with Gasteiger partial charge in [0.15, 0.2) is 0 Å². The average molecular weight is 308 g/mol. The van der Waals surface area contributed by atoms with Gasteiger partial charge in [0.25, 0.3) is 0 Å². The van der Waals surface area contributed by atoms with Crippen LogP contribution in [0.3, 0.4) is 0 Å². The third-order valence-corrected chi connectivity index (χ3v) is 4.55. The number of benzene rings is 1. The molecule has 2 heterocycles. The van der Waals surface area contributed by atoms with E-state index in [1.54, 1.807) is 0 Å². The lowest BCUT2D eigenvalue weighted by Crippen LogP contribution is -2.29. The molecule has 1 amide bonds. The lowest BCUT2D eigenvalue weighted by molar-refractivity contribution is -0.117. The van der Waals surface area contributed by atoms with Crippen LogP contribution < -0.4 is 15.5 Å². The Bertz CT molecular complexity index is 541. The predicted octanol–water partition coefficient (Wildman–Crippen LogP) is 3.32. The molecule has 5 heteroatoms. The summed E-state index contributed by atoms with van der Waals surface area (Å²) >= 11 is 6.48. The van der Waals surface area contributed by atoms with Gasteiger partial charge in [-0.2, -0.15) is 0 Å². The van der Waals surface area contributed by atoms with E-state index in [9.17, 15) is 4.79 Å². The quantitative estimate of drug-likeness (QED) is 0.897. The third-order valence-electron chi connectivity index (χ3n) is 4.25. The van der Waals surface area contributed by atoms with Crippen molar-refractivity contribution in [1.29, 1.82) is 0 Å². The molecule has 1 fully saturated rings. The number of halogens is 1. The zero-order valence-electron chi connectivity index (χ0n) is 12.4. The maximum atomic E-state index is 12.1. The van der Waals surface area contributed by atoms with Gasteiger partial charge in [0.1, 0.15) is 6.04 Å². The monoisotopic (exact) mass is 307 g/mol. The fourth-order valence-electron chi connectivity index (χ4n) is 3.14. The van der Waals surface area contributed by atoms with Crippen LogP contribution in [0.2, 0.25) is 5.02 Å². The second-order valence-corrected chi connectivity index (χ2v) is 6.22. The number of hydrogen-bond donors (Lipinski definition) is 2. The summed E-state index contributed by atoms with van der Waals surface area (Å²) in [5.74, 6) is 0.0188. The fraction of sp³-hybridized carbons (Fsp3) is 0.562. The molecule has 2 N–H and O–H groups in total. The molecule has 1 atom stereocenters. The van der Waals surface area contributed by atoms with E-state index in [-0.39, 0.29) is 11.9 Å². The Balaban J connectivity index is 1.88. The zero-order chi connectivity index (χ0) is 14.8. The maximum absolute atomic E-state index is 12.1. The van der Waals surface area contributed by atoms with Crippen LogP contribution in [0.1, 0.15) is 44.2 Å². The molecule has 0 spiro atoms. The topological polar surface area (TPSA) is 44.4 Å². The number of carbonyl (C=O) groups excluding carboxylic acids is 1. The number of amides is 1. The van der Waals surface area contributed by atoms with E-state index < -0.39 is 0 Å². The summed E-state index contributed by atoms with van der Waals surface area (Å²) in [6.45, 7) is 5.00. The molecule has 1 aromatic carbocycles. The molecule has 0 aliphatic carbocycles. The number of carbonyl (C=O) groups is 1. The van der Waals surface area contributed by atoms with Gasteiger partial charge in [-0.25, -0.2) is 0 Å². The first-order chi connectivity index (χ1) is 10.2. The van der Waals surface area contributed by atoms with E-state index in [1.807, 2.05) is 12.1 Å². The Kier molecular flexibility index (Phi) is 4.36. The molecule has 0 saturated carbocycles. The molecule has 1 saturated heterocycles. The van der Waals surface area contributed by atoms with Crippen molar-refractivity contribution >= 4 is 28.9 Å². The van der Waals surface area contributed by atoms with E-state index >= 15 is 0 Å². The first-order valence-electron chi connectivity index (χ1n) is 7.83. The van der Waals surface area contributed by atoms with Crippen LogP contribution in [-0.2, 0) is 4.79 Å². The summed E-state index contributed by atoms with van der Waals surface area (Å²) in [6, 6.07) is 3.72. The second kappa shape index (κ2) is 6.24. The molecule has 3 rings (SSSR count). The van der Waals surface area contributed by atoms with Gasteiger partial charge in [0.2, 0.25) is 5.91 Å². The molecule has 0 radical (unpaired) electrons. The van der Waals surface area contributed by atoms with Crippen molar-refractivity contribution in [2.45, 2.75) is 38.6 Å². The number of rotatable bonds is 4. The minimum absolute atomic E-state index is 0.0188. The lowest BCUT2D eigenvalue weighted by atomic mass is 10.1. The molecule has 2 aliphatic rings. The number of hydrogen-bond acceptors (Lipinski definition) is 3. The molecular weight excluding hydrogens is 286 g/mol. The Hall–Kier alpha value is -1.26. The number of fused-ring (bicyclic) bond motifs is 1. The van der Waals surface area contributed by atoms with Crippen LogP contribution in [0.15, 0.2) is 12.1 Å². The van der Waals surface area contributed by atoms with Crippen LogP contribution in [-0.4, -0.2) is 25.5 Å². The summed E-state index contributed by atoms with van der Waals surface area (Å²) in [5, 5.41) is 7.00. The summed E-state index contributed by atoms with van der Waals surface area (Å²) in [4.78, 5) is 14.4. The van der Waals surface area contributed by atoms with Gasteiger partial charge in [-0.1, -0.05) is 18.5 Å². The predicted molar refractivity (Wildman–Crippen MR) is 87.2 cm³/mol. The summed E-state index contributed by atoms with van der Waals surface area (Å²) < 4.78 is 0. The van der Waals surface area contributed by atoms with Crippen LogP contribution in [0, 0.1) is 0 Å². The first-order valence-corrected chi connectivity index (χ1v) is 8.21. The molecule has 1 unspecified atom stereocenters. The molecule has 1 aromatic rings. The minimum atomic E-state index is -0.271. The number of anilines is 2. The highest BCUT2D eigenvalue weighted by molar-refractivity contribution is 6.33. The molecule has 4 nitrogen and oxygen atoms in total. The molecule has 0 aromatic heterocycles. The van der Waals surface area contributed by atoms with Gasteiger partial charge in [-0.15, -0.1) is 0 Å². The van der Waals surface area contributed by atoms with Gasteiger partial charge >= 0.3 is 0 Å². The van der Waals surface area contributed by atoms with E-state index in [2.05, 4.69) is 22.5 Å². The minimum Gasteiger partial charge on any atom is -0.370 e. The summed E-state index contributed by atoms with van der Waals surface area (Å²) in [7, 11) is 0. The van der Waals surface area contributed by atoms with E-state index in [0.29, 0.717) is 0 Å². The van der Waals surface area contributed by atoms with Gasteiger partial charge in [0.05, 0.1) is 10.7 Å². The summed E-state index contributed by atoms with van der Waals surface area (Å²) in [6.07, 6.45) is 4.71. The highest BCUT2D eigenvalue weighted by Gasteiger charge is 2.31. The molecule has 114 valence electrons.